The molecule has 0 aliphatic rings. The number of aromatic carboxylic acids is 1. The topological polar surface area (TPSA) is 61.1 Å². The molecule has 0 saturated carbocycles. The SMILES string of the molecule is CCc1c(C(=O)O)ccc(C#N)c1I. The second-order valence-electron chi connectivity index (χ2n) is 2.72. The molecular formula is C10H8INO2. The van der Waals surface area contributed by atoms with Crippen molar-refractivity contribution in [1.82, 2.24) is 0 Å². The minimum Gasteiger partial charge on any atom is -0.478 e. The predicted molar refractivity (Wildman–Crippen MR) is 60.2 cm³/mol. The molecule has 0 fully saturated rings. The zero-order chi connectivity index (χ0) is 10.7. The first-order chi connectivity index (χ1) is 6.61. The van der Waals surface area contributed by atoms with Crippen molar-refractivity contribution in [2.75, 3.05) is 0 Å². The van der Waals surface area contributed by atoms with Gasteiger partial charge in [0.25, 0.3) is 0 Å². The molecule has 0 aliphatic heterocycles. The van der Waals surface area contributed by atoms with Gasteiger partial charge in [-0.1, -0.05) is 6.92 Å². The highest BCUT2D eigenvalue weighted by molar-refractivity contribution is 14.1. The van der Waals surface area contributed by atoms with Crippen LogP contribution in [0.4, 0.5) is 0 Å². The molecule has 4 heteroatoms. The molecule has 0 aliphatic carbocycles. The lowest BCUT2D eigenvalue weighted by Crippen LogP contribution is -2.05. The molecule has 0 atom stereocenters. The van der Waals surface area contributed by atoms with Crippen LogP contribution in [0.3, 0.4) is 0 Å². The molecule has 1 aromatic carbocycles. The number of hydrogen-bond acceptors (Lipinski definition) is 2. The van der Waals surface area contributed by atoms with Gasteiger partial charge in [-0.3, -0.25) is 0 Å². The maximum atomic E-state index is 10.8. The van der Waals surface area contributed by atoms with E-state index in [0.717, 1.165) is 9.13 Å². The zero-order valence-corrected chi connectivity index (χ0v) is 9.70. The summed E-state index contributed by atoms with van der Waals surface area (Å²) in [5.74, 6) is -0.941. The normalized spacial score (nSPS) is 9.50. The van der Waals surface area contributed by atoms with Crippen molar-refractivity contribution < 1.29 is 9.90 Å². The number of benzene rings is 1. The van der Waals surface area contributed by atoms with E-state index in [1.54, 1.807) is 6.07 Å². The Morgan fingerprint density at radius 1 is 1.64 bits per heavy atom. The van der Waals surface area contributed by atoms with Crippen LogP contribution in [0.2, 0.25) is 0 Å². The Balaban J connectivity index is 3.45. The molecule has 72 valence electrons. The molecule has 0 unspecified atom stereocenters. The van der Waals surface area contributed by atoms with E-state index >= 15 is 0 Å². The Kier molecular flexibility index (Phi) is 3.47. The number of carboxylic acid groups (broad SMARTS) is 1. The van der Waals surface area contributed by atoms with Gasteiger partial charge in [0.2, 0.25) is 0 Å². The van der Waals surface area contributed by atoms with Gasteiger partial charge in [0.1, 0.15) is 6.07 Å². The number of carbonyl (C=O) groups is 1. The van der Waals surface area contributed by atoms with Gasteiger partial charge in [-0.25, -0.2) is 4.79 Å². The van der Waals surface area contributed by atoms with E-state index in [0.29, 0.717) is 12.0 Å². The number of rotatable bonds is 2. The minimum absolute atomic E-state index is 0.288. The van der Waals surface area contributed by atoms with Gasteiger partial charge in [0.15, 0.2) is 0 Å². The molecule has 0 aromatic heterocycles. The van der Waals surface area contributed by atoms with Crippen molar-refractivity contribution in [3.63, 3.8) is 0 Å². The third-order valence-corrected chi connectivity index (χ3v) is 3.18. The lowest BCUT2D eigenvalue weighted by atomic mass is 10.0. The van der Waals surface area contributed by atoms with Crippen LogP contribution in [0, 0.1) is 14.9 Å². The fourth-order valence-corrected chi connectivity index (χ4v) is 2.23. The molecule has 1 rings (SSSR count). The number of hydrogen-bond donors (Lipinski definition) is 1. The Bertz CT molecular complexity index is 421. The summed E-state index contributed by atoms with van der Waals surface area (Å²) >= 11 is 2.01. The molecule has 0 heterocycles. The maximum Gasteiger partial charge on any atom is 0.336 e. The quantitative estimate of drug-likeness (QED) is 0.853. The first-order valence-corrected chi connectivity index (χ1v) is 5.14. The van der Waals surface area contributed by atoms with Crippen molar-refractivity contribution in [3.8, 4) is 6.07 Å². The number of nitriles is 1. The fourth-order valence-electron chi connectivity index (χ4n) is 1.25. The fraction of sp³-hybridized carbons (Fsp3) is 0.200. The average molecular weight is 301 g/mol. The zero-order valence-electron chi connectivity index (χ0n) is 7.54. The lowest BCUT2D eigenvalue weighted by Gasteiger charge is -2.07. The smallest absolute Gasteiger partial charge is 0.336 e. The molecular weight excluding hydrogens is 293 g/mol. The highest BCUT2D eigenvalue weighted by atomic mass is 127. The molecule has 1 N–H and O–H groups in total. The van der Waals surface area contributed by atoms with E-state index in [9.17, 15) is 4.79 Å². The minimum atomic E-state index is -0.941. The van der Waals surface area contributed by atoms with Crippen LogP contribution in [-0.2, 0) is 6.42 Å². The van der Waals surface area contributed by atoms with Gasteiger partial charge in [0.05, 0.1) is 11.1 Å². The second-order valence-corrected chi connectivity index (χ2v) is 3.80. The molecule has 14 heavy (non-hydrogen) atoms. The van der Waals surface area contributed by atoms with E-state index in [1.807, 2.05) is 35.6 Å². The van der Waals surface area contributed by atoms with Crippen LogP contribution < -0.4 is 0 Å². The van der Waals surface area contributed by atoms with Gasteiger partial charge in [0, 0.05) is 3.57 Å². The first-order valence-electron chi connectivity index (χ1n) is 4.06. The van der Waals surface area contributed by atoms with Gasteiger partial charge < -0.3 is 5.11 Å². The molecule has 0 bridgehead atoms. The molecule has 0 radical (unpaired) electrons. The lowest BCUT2D eigenvalue weighted by molar-refractivity contribution is 0.0695. The first kappa shape index (κ1) is 11.0. The third kappa shape index (κ3) is 1.87. The Hall–Kier alpha value is -1.09. The van der Waals surface area contributed by atoms with E-state index in [4.69, 9.17) is 10.4 Å². The van der Waals surface area contributed by atoms with Gasteiger partial charge in [-0.2, -0.15) is 5.26 Å². The summed E-state index contributed by atoms with van der Waals surface area (Å²) in [5.41, 5.74) is 1.56. The Morgan fingerprint density at radius 2 is 2.29 bits per heavy atom. The summed E-state index contributed by atoms with van der Waals surface area (Å²) < 4.78 is 0.743. The maximum absolute atomic E-state index is 10.8. The molecule has 0 saturated heterocycles. The number of nitrogens with zero attached hydrogens (tertiary/aromatic N) is 1. The van der Waals surface area contributed by atoms with Crippen LogP contribution in [-0.4, -0.2) is 11.1 Å². The van der Waals surface area contributed by atoms with Crippen molar-refractivity contribution >= 4 is 28.6 Å². The van der Waals surface area contributed by atoms with Gasteiger partial charge in [-0.15, -0.1) is 0 Å². The number of carboxylic acids is 1. The summed E-state index contributed by atoms with van der Waals surface area (Å²) in [5, 5.41) is 17.7. The van der Waals surface area contributed by atoms with Gasteiger partial charge in [-0.05, 0) is 46.7 Å². The highest BCUT2D eigenvalue weighted by Crippen LogP contribution is 2.21. The van der Waals surface area contributed by atoms with E-state index in [-0.39, 0.29) is 5.56 Å². The average Bonchev–Trinajstić information content (AvgIpc) is 2.17. The van der Waals surface area contributed by atoms with Crippen LogP contribution >= 0.6 is 22.6 Å². The summed E-state index contributed by atoms with van der Waals surface area (Å²) in [7, 11) is 0. The van der Waals surface area contributed by atoms with E-state index in [1.165, 1.54) is 6.07 Å². The predicted octanol–water partition coefficient (Wildman–Crippen LogP) is 2.42. The standard InChI is InChI=1S/C10H8INO2/c1-2-7-8(10(13)14)4-3-6(5-12)9(7)11/h3-4H,2H2,1H3,(H,13,14). The summed E-state index contributed by atoms with van der Waals surface area (Å²) in [6, 6.07) is 5.07. The summed E-state index contributed by atoms with van der Waals surface area (Å²) in [6.07, 6.45) is 0.620. The molecule has 0 spiro atoms. The molecule has 0 amide bonds. The highest BCUT2D eigenvalue weighted by Gasteiger charge is 2.14. The summed E-state index contributed by atoms with van der Waals surface area (Å²) in [4.78, 5) is 10.8. The monoisotopic (exact) mass is 301 g/mol. The van der Waals surface area contributed by atoms with E-state index in [2.05, 4.69) is 0 Å². The van der Waals surface area contributed by atoms with Crippen LogP contribution in [0.15, 0.2) is 12.1 Å². The van der Waals surface area contributed by atoms with E-state index < -0.39 is 5.97 Å². The Morgan fingerprint density at radius 3 is 2.71 bits per heavy atom. The van der Waals surface area contributed by atoms with Crippen LogP contribution in [0.5, 0.6) is 0 Å². The number of halogens is 1. The summed E-state index contributed by atoms with van der Waals surface area (Å²) in [6.45, 7) is 1.88. The van der Waals surface area contributed by atoms with Crippen molar-refractivity contribution in [2.45, 2.75) is 13.3 Å². The van der Waals surface area contributed by atoms with Crippen molar-refractivity contribution in [3.05, 3.63) is 32.4 Å². The van der Waals surface area contributed by atoms with Gasteiger partial charge >= 0.3 is 5.97 Å². The van der Waals surface area contributed by atoms with Crippen LogP contribution in [0.1, 0.15) is 28.4 Å². The second kappa shape index (κ2) is 4.42. The molecule has 1 aromatic rings. The van der Waals surface area contributed by atoms with Crippen molar-refractivity contribution in [2.24, 2.45) is 0 Å². The largest absolute Gasteiger partial charge is 0.478 e. The molecule has 3 nitrogen and oxygen atoms in total. The van der Waals surface area contributed by atoms with Crippen LogP contribution in [0.25, 0.3) is 0 Å². The third-order valence-electron chi connectivity index (χ3n) is 1.95. The Labute approximate surface area is 95.5 Å². The van der Waals surface area contributed by atoms with Crippen molar-refractivity contribution in [1.29, 1.82) is 5.26 Å².